The topological polar surface area (TPSA) is 66.5 Å². The van der Waals surface area contributed by atoms with E-state index in [9.17, 15) is 10.2 Å². The van der Waals surface area contributed by atoms with Gasteiger partial charge in [0.2, 0.25) is 0 Å². The fourth-order valence-corrected chi connectivity index (χ4v) is 4.09. The SMILES string of the molecule is C=C(C)c1ccc(C)cc1-c1c(O)cc(CCCCC)c(-c2c(C)noc2C)c1O. The number of aromatic hydroxyl groups is 2. The van der Waals surface area contributed by atoms with Gasteiger partial charge in [-0.05, 0) is 63.3 Å². The first kappa shape index (κ1) is 21.7. The molecule has 30 heavy (non-hydrogen) atoms. The van der Waals surface area contributed by atoms with Crippen LogP contribution in [0, 0.1) is 20.8 Å². The Morgan fingerprint density at radius 2 is 1.77 bits per heavy atom. The molecule has 0 unspecified atom stereocenters. The highest BCUT2D eigenvalue weighted by Gasteiger charge is 2.25. The zero-order valence-electron chi connectivity index (χ0n) is 18.6. The summed E-state index contributed by atoms with van der Waals surface area (Å²) in [6.07, 6.45) is 3.92. The maximum Gasteiger partial charge on any atom is 0.141 e. The summed E-state index contributed by atoms with van der Waals surface area (Å²) in [5.74, 6) is 0.784. The summed E-state index contributed by atoms with van der Waals surface area (Å²) in [4.78, 5) is 0. The van der Waals surface area contributed by atoms with Crippen LogP contribution < -0.4 is 0 Å². The van der Waals surface area contributed by atoms with Crippen LogP contribution in [0.1, 0.15) is 61.3 Å². The summed E-state index contributed by atoms with van der Waals surface area (Å²) in [6.45, 7) is 13.9. The zero-order chi connectivity index (χ0) is 22.0. The van der Waals surface area contributed by atoms with Crippen LogP contribution in [-0.4, -0.2) is 15.4 Å². The molecule has 0 aliphatic rings. The van der Waals surface area contributed by atoms with E-state index in [0.29, 0.717) is 16.9 Å². The van der Waals surface area contributed by atoms with Crippen LogP contribution in [0.4, 0.5) is 0 Å². The van der Waals surface area contributed by atoms with Gasteiger partial charge in [-0.25, -0.2) is 0 Å². The van der Waals surface area contributed by atoms with Crippen molar-refractivity contribution in [2.45, 2.75) is 60.3 Å². The average molecular weight is 406 g/mol. The molecule has 1 aromatic heterocycles. The Morgan fingerprint density at radius 3 is 2.37 bits per heavy atom. The van der Waals surface area contributed by atoms with Crippen molar-refractivity contribution < 1.29 is 14.7 Å². The van der Waals surface area contributed by atoms with Crippen molar-refractivity contribution >= 4 is 5.57 Å². The Labute approximate surface area is 178 Å². The monoisotopic (exact) mass is 405 g/mol. The highest BCUT2D eigenvalue weighted by Crippen LogP contribution is 2.49. The Kier molecular flexibility index (Phi) is 6.35. The second kappa shape index (κ2) is 8.78. The number of unbranched alkanes of at least 4 members (excludes halogenated alkanes) is 2. The number of aromatic nitrogens is 1. The van der Waals surface area contributed by atoms with E-state index in [1.54, 1.807) is 6.07 Å². The van der Waals surface area contributed by atoms with Crippen molar-refractivity contribution in [1.82, 2.24) is 5.16 Å². The van der Waals surface area contributed by atoms with Gasteiger partial charge in [-0.2, -0.15) is 0 Å². The lowest BCUT2D eigenvalue weighted by molar-refractivity contribution is 0.393. The molecule has 158 valence electrons. The third-order valence-corrected chi connectivity index (χ3v) is 5.60. The summed E-state index contributed by atoms with van der Waals surface area (Å²) in [6, 6.07) is 7.76. The van der Waals surface area contributed by atoms with Crippen molar-refractivity contribution in [3.05, 3.63) is 59.0 Å². The van der Waals surface area contributed by atoms with Crippen molar-refractivity contribution in [2.24, 2.45) is 0 Å². The van der Waals surface area contributed by atoms with Crippen molar-refractivity contribution in [2.75, 3.05) is 0 Å². The van der Waals surface area contributed by atoms with Gasteiger partial charge in [0, 0.05) is 5.56 Å². The molecular formula is C26H31NO3. The standard InChI is InChI=1S/C26H31NO3/c1-7-8-9-10-19-14-22(28)25(21-13-16(4)11-12-20(21)15(2)3)26(29)24(19)23-17(5)27-30-18(23)6/h11-14,28-29H,2,7-10H2,1,3-6H3. The lowest BCUT2D eigenvalue weighted by Gasteiger charge is -2.19. The fraction of sp³-hybridized carbons (Fsp3) is 0.346. The molecule has 1 heterocycles. The van der Waals surface area contributed by atoms with Gasteiger partial charge >= 0.3 is 0 Å². The first-order valence-corrected chi connectivity index (χ1v) is 10.5. The number of phenols is 2. The van der Waals surface area contributed by atoms with Gasteiger partial charge in [-0.1, -0.05) is 60.8 Å². The summed E-state index contributed by atoms with van der Waals surface area (Å²) < 4.78 is 5.40. The molecule has 0 radical (unpaired) electrons. The molecular weight excluding hydrogens is 374 g/mol. The van der Waals surface area contributed by atoms with E-state index in [2.05, 4.69) is 18.7 Å². The first-order chi connectivity index (χ1) is 14.3. The number of hydrogen-bond donors (Lipinski definition) is 2. The smallest absolute Gasteiger partial charge is 0.141 e. The van der Waals surface area contributed by atoms with E-state index in [-0.39, 0.29) is 11.5 Å². The maximum atomic E-state index is 11.5. The highest BCUT2D eigenvalue weighted by atomic mass is 16.5. The maximum absolute atomic E-state index is 11.5. The summed E-state index contributed by atoms with van der Waals surface area (Å²) in [5.41, 5.74) is 7.12. The Bertz CT molecular complexity index is 1070. The molecule has 0 amide bonds. The minimum absolute atomic E-state index is 0.0593. The van der Waals surface area contributed by atoms with Crippen LogP contribution in [0.2, 0.25) is 0 Å². The van der Waals surface area contributed by atoms with Crippen LogP contribution in [0.15, 0.2) is 35.4 Å². The summed E-state index contributed by atoms with van der Waals surface area (Å²) >= 11 is 0. The van der Waals surface area contributed by atoms with E-state index in [1.165, 1.54) is 0 Å². The van der Waals surface area contributed by atoms with Gasteiger partial charge in [0.1, 0.15) is 17.3 Å². The van der Waals surface area contributed by atoms with E-state index in [1.807, 2.05) is 45.9 Å². The number of nitrogens with zero attached hydrogens (tertiary/aromatic N) is 1. The zero-order valence-corrected chi connectivity index (χ0v) is 18.6. The van der Waals surface area contributed by atoms with Gasteiger partial charge < -0.3 is 14.7 Å². The molecule has 0 aliphatic carbocycles. The average Bonchev–Trinajstić information content (AvgIpc) is 3.00. The van der Waals surface area contributed by atoms with Gasteiger partial charge in [0.05, 0.1) is 16.8 Å². The normalized spacial score (nSPS) is 11.1. The number of phenolic OH excluding ortho intramolecular Hbond substituents is 2. The quantitative estimate of drug-likeness (QED) is 0.411. The van der Waals surface area contributed by atoms with E-state index in [4.69, 9.17) is 4.52 Å². The third kappa shape index (κ3) is 4.00. The van der Waals surface area contributed by atoms with Gasteiger partial charge in [0.15, 0.2) is 0 Å². The second-order valence-corrected chi connectivity index (χ2v) is 8.14. The molecule has 0 fully saturated rings. The third-order valence-electron chi connectivity index (χ3n) is 5.60. The van der Waals surface area contributed by atoms with Crippen LogP contribution in [0.25, 0.3) is 27.8 Å². The van der Waals surface area contributed by atoms with Crippen molar-refractivity contribution in [1.29, 1.82) is 0 Å². The number of aryl methyl sites for hydroxylation is 4. The molecule has 3 rings (SSSR count). The second-order valence-electron chi connectivity index (χ2n) is 8.14. The predicted octanol–water partition coefficient (Wildman–Crippen LogP) is 7.11. The lowest BCUT2D eigenvalue weighted by Crippen LogP contribution is -1.97. The van der Waals surface area contributed by atoms with Crippen LogP contribution in [-0.2, 0) is 6.42 Å². The Hall–Kier alpha value is -3.01. The molecule has 0 saturated carbocycles. The van der Waals surface area contributed by atoms with E-state index < -0.39 is 0 Å². The fourth-order valence-electron chi connectivity index (χ4n) is 4.09. The Morgan fingerprint density at radius 1 is 1.03 bits per heavy atom. The van der Waals surface area contributed by atoms with Gasteiger partial charge in [-0.15, -0.1) is 0 Å². The van der Waals surface area contributed by atoms with Gasteiger partial charge in [-0.3, -0.25) is 0 Å². The number of benzene rings is 2. The van der Waals surface area contributed by atoms with Crippen LogP contribution in [0.3, 0.4) is 0 Å². The minimum Gasteiger partial charge on any atom is -0.507 e. The number of rotatable bonds is 7. The molecule has 0 aliphatic heterocycles. The summed E-state index contributed by atoms with van der Waals surface area (Å²) in [7, 11) is 0. The molecule has 4 nitrogen and oxygen atoms in total. The molecule has 3 aromatic rings. The lowest BCUT2D eigenvalue weighted by atomic mass is 9.86. The number of hydrogen-bond acceptors (Lipinski definition) is 4. The highest BCUT2D eigenvalue weighted by molar-refractivity contribution is 5.93. The molecule has 4 heteroatoms. The molecule has 0 spiro atoms. The van der Waals surface area contributed by atoms with Crippen LogP contribution >= 0.6 is 0 Å². The largest absolute Gasteiger partial charge is 0.507 e. The molecule has 0 atom stereocenters. The molecule has 0 saturated heterocycles. The van der Waals surface area contributed by atoms with E-state index >= 15 is 0 Å². The minimum atomic E-state index is 0.0593. The predicted molar refractivity (Wildman–Crippen MR) is 123 cm³/mol. The first-order valence-electron chi connectivity index (χ1n) is 10.5. The van der Waals surface area contributed by atoms with Crippen LogP contribution in [0.5, 0.6) is 11.5 Å². The van der Waals surface area contributed by atoms with Crippen molar-refractivity contribution in [3.63, 3.8) is 0 Å². The molecule has 2 aromatic carbocycles. The molecule has 0 bridgehead atoms. The van der Waals surface area contributed by atoms with Gasteiger partial charge in [0.25, 0.3) is 0 Å². The number of allylic oxidation sites excluding steroid dienone is 1. The van der Waals surface area contributed by atoms with E-state index in [0.717, 1.165) is 64.8 Å². The molecule has 2 N–H and O–H groups in total. The Balaban J connectivity index is 2.34. The summed E-state index contributed by atoms with van der Waals surface area (Å²) in [5, 5.41) is 26.6. The van der Waals surface area contributed by atoms with Crippen molar-refractivity contribution in [3.8, 4) is 33.8 Å².